The van der Waals surface area contributed by atoms with Gasteiger partial charge in [0.1, 0.15) is 0 Å². The SMILES string of the molecule is CC(C)(C)c1ccc(N2c3cc(N4c5ccc(C(C)(C)C)cc5C5(C)CCC45C)ccc3B3c4ccccc4N(c4ccc(C(C)(C)C)cc4-c4ccccc4)c4cc(C(C)(C)C)cc2c43)cc1. The number of anilines is 8. The van der Waals surface area contributed by atoms with Gasteiger partial charge in [0.2, 0.25) is 0 Å². The summed E-state index contributed by atoms with van der Waals surface area (Å²) in [5, 5.41) is 0. The maximum absolute atomic E-state index is 2.73. The molecule has 3 heterocycles. The summed E-state index contributed by atoms with van der Waals surface area (Å²) in [6.07, 6.45) is 2.36. The molecule has 3 aliphatic heterocycles. The second kappa shape index (κ2) is 14.8. The fourth-order valence-electron chi connectivity index (χ4n) is 12.2. The lowest BCUT2D eigenvalue weighted by atomic mass is 9.33. The number of rotatable bonds is 4. The molecular weight excluding hydrogens is 822 g/mol. The number of nitrogens with zero attached hydrogens (tertiary/aromatic N) is 3. The van der Waals surface area contributed by atoms with Crippen LogP contribution in [0.25, 0.3) is 11.1 Å². The quantitative estimate of drug-likeness (QED) is 0.163. The molecule has 7 aromatic rings. The van der Waals surface area contributed by atoms with Crippen molar-refractivity contribution in [3.8, 4) is 11.1 Å². The Balaban J connectivity index is 1.20. The third-order valence-electron chi connectivity index (χ3n) is 16.8. The van der Waals surface area contributed by atoms with E-state index in [1.165, 1.54) is 107 Å². The summed E-state index contributed by atoms with van der Waals surface area (Å²) in [6, 6.07) is 56.9. The van der Waals surface area contributed by atoms with E-state index >= 15 is 0 Å². The van der Waals surface area contributed by atoms with Gasteiger partial charge in [-0.2, -0.15) is 0 Å². The molecular formula is C64H70BN3. The van der Waals surface area contributed by atoms with Crippen molar-refractivity contribution in [2.75, 3.05) is 14.7 Å². The number of hydrogen-bond donors (Lipinski definition) is 0. The highest BCUT2D eigenvalue weighted by molar-refractivity contribution is 7.00. The standard InChI is InChI=1S/C64H70BN3/c1-59(2,3)42-24-28-46(29-25-42)66-55-40-47(68-53-33-27-44(61(7,8)9)37-49(53)63(13)34-35-64(63,68)14)30-31-51(55)65-50-22-18-19-23-54(50)67(57-39-45(62(10,11)12)38-56(66)58(57)65)52-32-26-43(60(4,5)6)36-48(52)41-20-16-15-17-21-41/h15-33,36-40H,34-35H2,1-14H3. The molecule has 0 spiro atoms. The molecule has 1 saturated carbocycles. The van der Waals surface area contributed by atoms with E-state index < -0.39 is 0 Å². The zero-order chi connectivity index (χ0) is 48.1. The fraction of sp³-hybridized carbons (Fsp3) is 0.344. The highest BCUT2D eigenvalue weighted by Gasteiger charge is 2.63. The van der Waals surface area contributed by atoms with Crippen LogP contribution < -0.4 is 31.1 Å². The summed E-state index contributed by atoms with van der Waals surface area (Å²) in [5.41, 5.74) is 23.4. The molecule has 0 saturated heterocycles. The van der Waals surface area contributed by atoms with Crippen molar-refractivity contribution in [3.63, 3.8) is 0 Å². The van der Waals surface area contributed by atoms with Gasteiger partial charge in [0, 0.05) is 50.8 Å². The van der Waals surface area contributed by atoms with Crippen molar-refractivity contribution in [1.82, 2.24) is 0 Å². The molecule has 68 heavy (non-hydrogen) atoms. The van der Waals surface area contributed by atoms with Crippen molar-refractivity contribution in [3.05, 3.63) is 173 Å². The van der Waals surface area contributed by atoms with Crippen molar-refractivity contribution >= 4 is 68.6 Å². The smallest absolute Gasteiger partial charge is 0.252 e. The van der Waals surface area contributed by atoms with Crippen LogP contribution in [0.5, 0.6) is 0 Å². The van der Waals surface area contributed by atoms with Crippen molar-refractivity contribution in [2.45, 2.75) is 142 Å². The Bertz CT molecular complexity index is 3150. The first-order valence-electron chi connectivity index (χ1n) is 25.3. The average molecular weight is 892 g/mol. The first-order valence-corrected chi connectivity index (χ1v) is 25.3. The minimum Gasteiger partial charge on any atom is -0.334 e. The first kappa shape index (κ1) is 44.5. The lowest BCUT2D eigenvalue weighted by molar-refractivity contribution is 0.133. The largest absolute Gasteiger partial charge is 0.334 e. The van der Waals surface area contributed by atoms with Crippen molar-refractivity contribution in [1.29, 1.82) is 0 Å². The summed E-state index contributed by atoms with van der Waals surface area (Å²) in [6.45, 7) is 33.1. The molecule has 0 aromatic heterocycles. The summed E-state index contributed by atoms with van der Waals surface area (Å²) in [7, 11) is 0. The predicted octanol–water partition coefficient (Wildman–Crippen LogP) is 15.6. The van der Waals surface area contributed by atoms with E-state index in [0.717, 1.165) is 6.42 Å². The first-order chi connectivity index (χ1) is 32.0. The summed E-state index contributed by atoms with van der Waals surface area (Å²) in [5.74, 6) is 0. The second-order valence-electron chi connectivity index (χ2n) is 25.2. The molecule has 0 N–H and O–H groups in total. The zero-order valence-corrected chi connectivity index (χ0v) is 43.2. The topological polar surface area (TPSA) is 9.72 Å². The minimum absolute atomic E-state index is 0.00885. The Hall–Kier alpha value is -6.00. The molecule has 344 valence electrons. The van der Waals surface area contributed by atoms with E-state index in [0.29, 0.717) is 0 Å². The van der Waals surface area contributed by atoms with Gasteiger partial charge in [0.05, 0.1) is 11.2 Å². The van der Waals surface area contributed by atoms with Crippen LogP contribution in [0, 0.1) is 0 Å². The van der Waals surface area contributed by atoms with Gasteiger partial charge < -0.3 is 14.7 Å². The van der Waals surface area contributed by atoms with E-state index in [-0.39, 0.29) is 39.3 Å². The number of fused-ring (bicyclic) bond motifs is 7. The molecule has 0 bridgehead atoms. The average Bonchev–Trinajstić information content (AvgIpc) is 3.42. The molecule has 4 aliphatic rings. The predicted molar refractivity (Wildman–Crippen MR) is 294 cm³/mol. The Morgan fingerprint density at radius 1 is 0.412 bits per heavy atom. The van der Waals surface area contributed by atoms with E-state index in [1.54, 1.807) is 0 Å². The fourth-order valence-corrected chi connectivity index (χ4v) is 12.2. The maximum atomic E-state index is 2.73. The van der Waals surface area contributed by atoms with Crippen molar-refractivity contribution in [2.24, 2.45) is 0 Å². The van der Waals surface area contributed by atoms with Crippen LogP contribution >= 0.6 is 0 Å². The van der Waals surface area contributed by atoms with Gasteiger partial charge in [-0.15, -0.1) is 0 Å². The maximum Gasteiger partial charge on any atom is 0.252 e. The minimum atomic E-state index is -0.125. The molecule has 0 radical (unpaired) electrons. The van der Waals surface area contributed by atoms with E-state index in [9.17, 15) is 0 Å². The Morgan fingerprint density at radius 3 is 1.57 bits per heavy atom. The lowest BCUT2D eigenvalue weighted by Gasteiger charge is -2.56. The Kier molecular flexibility index (Phi) is 9.66. The van der Waals surface area contributed by atoms with E-state index in [1.807, 2.05) is 0 Å². The molecule has 7 aromatic carbocycles. The summed E-state index contributed by atoms with van der Waals surface area (Å²) >= 11 is 0. The van der Waals surface area contributed by atoms with Crippen molar-refractivity contribution < 1.29 is 0 Å². The molecule has 1 aliphatic carbocycles. The molecule has 0 amide bonds. The second-order valence-corrected chi connectivity index (χ2v) is 25.2. The van der Waals surface area contributed by atoms with Crippen LogP contribution in [0.3, 0.4) is 0 Å². The monoisotopic (exact) mass is 892 g/mol. The van der Waals surface area contributed by atoms with Crippen LogP contribution in [0.2, 0.25) is 0 Å². The molecule has 2 unspecified atom stereocenters. The van der Waals surface area contributed by atoms with Gasteiger partial charge in [0.25, 0.3) is 6.71 Å². The summed E-state index contributed by atoms with van der Waals surface area (Å²) < 4.78 is 0. The molecule has 2 atom stereocenters. The highest BCUT2D eigenvalue weighted by atomic mass is 15.3. The van der Waals surface area contributed by atoms with Crippen LogP contribution in [-0.2, 0) is 27.1 Å². The van der Waals surface area contributed by atoms with Crippen LogP contribution in [-0.4, -0.2) is 12.3 Å². The van der Waals surface area contributed by atoms with Gasteiger partial charge in [-0.05, 0) is 152 Å². The normalized spacial score (nSPS) is 19.5. The third kappa shape index (κ3) is 6.59. The summed E-state index contributed by atoms with van der Waals surface area (Å²) in [4.78, 5) is 7.97. The van der Waals surface area contributed by atoms with Gasteiger partial charge >= 0.3 is 0 Å². The third-order valence-corrected chi connectivity index (χ3v) is 16.8. The lowest BCUT2D eigenvalue weighted by Crippen LogP contribution is -2.62. The molecule has 4 heteroatoms. The van der Waals surface area contributed by atoms with Gasteiger partial charge in [-0.1, -0.05) is 175 Å². The van der Waals surface area contributed by atoms with Gasteiger partial charge in [-0.25, -0.2) is 0 Å². The molecule has 3 nitrogen and oxygen atoms in total. The molecule has 1 fully saturated rings. The number of hydrogen-bond acceptors (Lipinski definition) is 3. The molecule has 11 rings (SSSR count). The zero-order valence-electron chi connectivity index (χ0n) is 43.2. The van der Waals surface area contributed by atoms with Gasteiger partial charge in [0.15, 0.2) is 0 Å². The van der Waals surface area contributed by atoms with Gasteiger partial charge in [-0.3, -0.25) is 0 Å². The number of para-hydroxylation sites is 1. The Labute approximate surface area is 408 Å². The Morgan fingerprint density at radius 2 is 0.956 bits per heavy atom. The number of benzene rings is 7. The van der Waals surface area contributed by atoms with Crippen LogP contribution in [0.15, 0.2) is 146 Å². The van der Waals surface area contributed by atoms with E-state index in [4.69, 9.17) is 0 Å². The van der Waals surface area contributed by atoms with Crippen LogP contribution in [0.4, 0.5) is 45.5 Å². The van der Waals surface area contributed by atoms with E-state index in [2.05, 4.69) is 257 Å². The van der Waals surface area contributed by atoms with Crippen LogP contribution in [0.1, 0.15) is 138 Å². The highest BCUT2D eigenvalue weighted by Crippen LogP contribution is 2.65.